The molecule has 3 aromatic rings. The average Bonchev–Trinajstić information content (AvgIpc) is 3.38. The van der Waals surface area contributed by atoms with Crippen molar-refractivity contribution in [2.24, 2.45) is 0 Å². The van der Waals surface area contributed by atoms with Crippen molar-refractivity contribution in [2.45, 2.75) is 24.8 Å². The van der Waals surface area contributed by atoms with E-state index in [2.05, 4.69) is 10.0 Å². The van der Waals surface area contributed by atoms with Gasteiger partial charge in [0, 0.05) is 22.7 Å². The zero-order chi connectivity index (χ0) is 24.3. The Morgan fingerprint density at radius 2 is 1.91 bits per heavy atom. The van der Waals surface area contributed by atoms with Crippen LogP contribution in [0.2, 0.25) is 0 Å². The Balaban J connectivity index is 1.74. The molecule has 0 aliphatic rings. The highest BCUT2D eigenvalue weighted by Gasteiger charge is 2.22. The summed E-state index contributed by atoms with van der Waals surface area (Å²) in [6, 6.07) is 17.9. The van der Waals surface area contributed by atoms with Crippen LogP contribution in [-0.4, -0.2) is 39.2 Å². The standard InChI is InChI=1S/C24H26N2O4S4/c1-31-13-11-22(24(28)29)26-23(27)20-10-9-17(14-21(20)18-6-3-2-4-7-18)16-33-34(30)25-15-19-8-5-12-32-19/h2-10,12,14,22,25H,11,13,15-16H2,1H3,(H,26,27)(H,28,29)/t22-,34?/m0/s1. The number of hydrogen-bond donors (Lipinski definition) is 3. The van der Waals surface area contributed by atoms with Gasteiger partial charge in [-0.3, -0.25) is 4.79 Å². The Bertz CT molecular complexity index is 1110. The molecule has 10 heteroatoms. The van der Waals surface area contributed by atoms with Crippen molar-refractivity contribution < 1.29 is 18.9 Å². The first-order valence-corrected chi connectivity index (χ1v) is 15.4. The molecule has 0 saturated carbocycles. The molecule has 0 fully saturated rings. The zero-order valence-electron chi connectivity index (χ0n) is 18.6. The SMILES string of the molecule is CSCC[C@H](NC(=O)c1ccc(CSS(=O)NCc2cccs2)cc1-c1ccccc1)C(=O)O. The van der Waals surface area contributed by atoms with E-state index in [4.69, 9.17) is 0 Å². The summed E-state index contributed by atoms with van der Waals surface area (Å²) in [7, 11) is 0.0183. The molecule has 3 rings (SSSR count). The van der Waals surface area contributed by atoms with Gasteiger partial charge in [-0.15, -0.1) is 11.3 Å². The monoisotopic (exact) mass is 534 g/mol. The minimum Gasteiger partial charge on any atom is -0.480 e. The highest BCUT2D eigenvalue weighted by Crippen LogP contribution is 2.27. The molecule has 0 saturated heterocycles. The molecule has 180 valence electrons. The molecule has 2 atom stereocenters. The first-order valence-electron chi connectivity index (χ1n) is 10.5. The predicted molar refractivity (Wildman–Crippen MR) is 144 cm³/mol. The lowest BCUT2D eigenvalue weighted by molar-refractivity contribution is -0.139. The van der Waals surface area contributed by atoms with Crippen LogP contribution in [0.15, 0.2) is 66.0 Å². The topological polar surface area (TPSA) is 95.5 Å². The highest BCUT2D eigenvalue weighted by atomic mass is 33.1. The Morgan fingerprint density at radius 1 is 1.12 bits per heavy atom. The highest BCUT2D eigenvalue weighted by molar-refractivity contribution is 8.68. The molecule has 3 N–H and O–H groups in total. The van der Waals surface area contributed by atoms with Crippen LogP contribution in [0.4, 0.5) is 0 Å². The van der Waals surface area contributed by atoms with Gasteiger partial charge in [-0.2, -0.15) is 11.8 Å². The third kappa shape index (κ3) is 7.99. The van der Waals surface area contributed by atoms with Crippen LogP contribution in [0.5, 0.6) is 0 Å². The lowest BCUT2D eigenvalue weighted by Gasteiger charge is -2.17. The minimum absolute atomic E-state index is 0.349. The van der Waals surface area contributed by atoms with Gasteiger partial charge >= 0.3 is 5.97 Å². The number of carboxylic acids is 1. The number of aliphatic carboxylic acids is 1. The second-order valence-electron chi connectivity index (χ2n) is 7.29. The number of hydrogen-bond acceptors (Lipinski definition) is 6. The van der Waals surface area contributed by atoms with Gasteiger partial charge in [-0.1, -0.05) is 42.5 Å². The van der Waals surface area contributed by atoms with Gasteiger partial charge in [0.2, 0.25) is 0 Å². The summed E-state index contributed by atoms with van der Waals surface area (Å²) < 4.78 is 15.4. The Kier molecular flexibility index (Phi) is 10.7. The molecular formula is C24H26N2O4S4. The molecule has 0 aliphatic heterocycles. The second-order valence-corrected chi connectivity index (χ2v) is 12.2. The van der Waals surface area contributed by atoms with Crippen LogP contribution in [0.3, 0.4) is 0 Å². The molecule has 6 nitrogen and oxygen atoms in total. The Hall–Kier alpha value is -2.11. The summed E-state index contributed by atoms with van der Waals surface area (Å²) in [6.45, 7) is 0.549. The summed E-state index contributed by atoms with van der Waals surface area (Å²) in [5, 5.41) is 14.1. The molecule has 0 bridgehead atoms. The number of nitrogens with one attached hydrogen (secondary N) is 2. The summed E-state index contributed by atoms with van der Waals surface area (Å²) in [5.41, 5.74) is 2.89. The van der Waals surface area contributed by atoms with E-state index in [1.54, 1.807) is 17.4 Å². The number of rotatable bonds is 13. The van der Waals surface area contributed by atoms with E-state index in [0.29, 0.717) is 35.6 Å². The average molecular weight is 535 g/mol. The van der Waals surface area contributed by atoms with Crippen molar-refractivity contribution in [3.63, 3.8) is 0 Å². The fraction of sp³-hybridized carbons (Fsp3) is 0.250. The Labute approximate surface area is 213 Å². The molecular weight excluding hydrogens is 509 g/mol. The lowest BCUT2D eigenvalue weighted by atomic mass is 9.97. The van der Waals surface area contributed by atoms with Gasteiger partial charge in [-0.05, 0) is 69.5 Å². The van der Waals surface area contributed by atoms with Crippen LogP contribution < -0.4 is 10.0 Å². The van der Waals surface area contributed by atoms with Crippen molar-refractivity contribution in [2.75, 3.05) is 12.0 Å². The molecule has 1 unspecified atom stereocenters. The number of thiophene rings is 1. The van der Waals surface area contributed by atoms with Crippen molar-refractivity contribution in [1.82, 2.24) is 10.0 Å². The Morgan fingerprint density at radius 3 is 2.59 bits per heavy atom. The van der Waals surface area contributed by atoms with Gasteiger partial charge in [0.1, 0.15) is 6.04 Å². The number of amides is 1. The molecule has 1 heterocycles. The molecule has 34 heavy (non-hydrogen) atoms. The van der Waals surface area contributed by atoms with Crippen LogP contribution in [0, 0.1) is 0 Å². The third-order valence-electron chi connectivity index (χ3n) is 4.90. The van der Waals surface area contributed by atoms with E-state index in [1.165, 1.54) is 22.6 Å². The maximum absolute atomic E-state index is 13.0. The molecule has 1 amide bonds. The number of benzene rings is 2. The molecule has 1 aromatic heterocycles. The fourth-order valence-electron chi connectivity index (χ4n) is 3.17. The van der Waals surface area contributed by atoms with Gasteiger partial charge in [0.05, 0.1) is 0 Å². The van der Waals surface area contributed by atoms with Crippen molar-refractivity contribution in [3.05, 3.63) is 82.0 Å². The first-order chi connectivity index (χ1) is 16.5. The maximum atomic E-state index is 13.0. The normalized spacial score (nSPS) is 12.7. The summed E-state index contributed by atoms with van der Waals surface area (Å²) in [4.78, 5) is 25.8. The van der Waals surface area contributed by atoms with Crippen LogP contribution in [-0.2, 0) is 27.1 Å². The van der Waals surface area contributed by atoms with Crippen LogP contribution in [0.1, 0.15) is 27.2 Å². The zero-order valence-corrected chi connectivity index (χ0v) is 21.8. The second kappa shape index (κ2) is 13.7. The number of thioether (sulfide) groups is 1. The quantitative estimate of drug-likeness (QED) is 0.269. The van der Waals surface area contributed by atoms with Gasteiger partial charge in [-0.25, -0.2) is 13.7 Å². The molecule has 0 spiro atoms. The van der Waals surface area contributed by atoms with Crippen LogP contribution in [0.25, 0.3) is 11.1 Å². The number of carbonyl (C=O) groups excluding carboxylic acids is 1. The van der Waals surface area contributed by atoms with Crippen molar-refractivity contribution in [1.29, 1.82) is 0 Å². The van der Waals surface area contributed by atoms with E-state index < -0.39 is 27.9 Å². The van der Waals surface area contributed by atoms with E-state index >= 15 is 0 Å². The van der Waals surface area contributed by atoms with Gasteiger partial charge in [0.25, 0.3) is 5.91 Å². The summed E-state index contributed by atoms with van der Waals surface area (Å²) in [5.74, 6) is -0.338. The minimum atomic E-state index is -1.26. The fourth-order valence-corrected chi connectivity index (χ4v) is 6.31. The molecule has 0 aliphatic carbocycles. The van der Waals surface area contributed by atoms with Crippen LogP contribution >= 0.6 is 33.9 Å². The lowest BCUT2D eigenvalue weighted by Crippen LogP contribution is -2.41. The third-order valence-corrected chi connectivity index (χ3v) is 8.82. The maximum Gasteiger partial charge on any atom is 0.326 e. The predicted octanol–water partition coefficient (Wildman–Crippen LogP) is 4.95. The summed E-state index contributed by atoms with van der Waals surface area (Å²) >= 11 is 3.15. The van der Waals surface area contributed by atoms with Crippen molar-refractivity contribution >= 4 is 55.8 Å². The summed E-state index contributed by atoms with van der Waals surface area (Å²) in [6.07, 6.45) is 2.25. The number of carbonyl (C=O) groups is 2. The van der Waals surface area contributed by atoms with Gasteiger partial charge in [0.15, 0.2) is 10.0 Å². The van der Waals surface area contributed by atoms with E-state index in [-0.39, 0.29) is 0 Å². The number of carboxylic acid groups (broad SMARTS) is 1. The first kappa shape index (κ1) is 26.5. The smallest absolute Gasteiger partial charge is 0.326 e. The van der Waals surface area contributed by atoms with Gasteiger partial charge < -0.3 is 10.4 Å². The largest absolute Gasteiger partial charge is 0.480 e. The van der Waals surface area contributed by atoms with Crippen molar-refractivity contribution in [3.8, 4) is 11.1 Å². The van der Waals surface area contributed by atoms with E-state index in [1.807, 2.05) is 66.2 Å². The van der Waals surface area contributed by atoms with E-state index in [0.717, 1.165) is 16.0 Å². The van der Waals surface area contributed by atoms with E-state index in [9.17, 15) is 18.9 Å². The molecule has 0 radical (unpaired) electrons. The molecule has 2 aromatic carbocycles.